The molecule has 92 valence electrons. The molecule has 0 aliphatic carbocycles. The number of aromatic nitrogens is 1. The number of allylic oxidation sites excluding steroid dienone is 1. The van der Waals surface area contributed by atoms with E-state index in [1.54, 1.807) is 6.08 Å². The van der Waals surface area contributed by atoms with E-state index in [9.17, 15) is 4.79 Å². The van der Waals surface area contributed by atoms with E-state index in [4.69, 9.17) is 9.84 Å². The van der Waals surface area contributed by atoms with Crippen molar-refractivity contribution in [2.24, 2.45) is 0 Å². The zero-order valence-electron chi connectivity index (χ0n) is 9.72. The fourth-order valence-electron chi connectivity index (χ4n) is 2.17. The summed E-state index contributed by atoms with van der Waals surface area (Å²) in [7, 11) is 0. The van der Waals surface area contributed by atoms with Gasteiger partial charge in [-0.05, 0) is 12.1 Å². The van der Waals surface area contributed by atoms with Crippen molar-refractivity contribution in [2.75, 3.05) is 6.61 Å². The lowest BCUT2D eigenvalue weighted by molar-refractivity contribution is -0.115. The average Bonchev–Trinajstić information content (AvgIpc) is 2.95. The van der Waals surface area contributed by atoms with E-state index in [1.165, 1.54) is 0 Å². The van der Waals surface area contributed by atoms with Crippen LogP contribution in [-0.2, 0) is 9.53 Å². The summed E-state index contributed by atoms with van der Waals surface area (Å²) in [5.41, 5.74) is 1.95. The number of H-pyrrole nitrogens is 1. The number of benzene rings is 1. The minimum absolute atomic E-state index is 0.0562. The second-order valence-corrected chi connectivity index (χ2v) is 4.35. The Hall–Kier alpha value is -2.07. The number of aliphatic hydroxyl groups excluding tert-OH is 1. The molecule has 1 aliphatic rings. The van der Waals surface area contributed by atoms with Crippen molar-refractivity contribution >= 4 is 22.8 Å². The van der Waals surface area contributed by atoms with Crippen LogP contribution >= 0.6 is 0 Å². The summed E-state index contributed by atoms with van der Waals surface area (Å²) in [4.78, 5) is 14.8. The van der Waals surface area contributed by atoms with Gasteiger partial charge in [-0.1, -0.05) is 18.2 Å². The molecule has 2 N–H and O–H groups in total. The van der Waals surface area contributed by atoms with Crippen molar-refractivity contribution in [3.63, 3.8) is 0 Å². The zero-order chi connectivity index (χ0) is 12.5. The van der Waals surface area contributed by atoms with Crippen LogP contribution in [0.4, 0.5) is 0 Å². The SMILES string of the molecule is O=C1CC(CO)OC1=Cc1c[nH]c2ccccc12. The Morgan fingerprint density at radius 2 is 2.28 bits per heavy atom. The number of carbonyl (C=O) groups is 1. The maximum Gasteiger partial charge on any atom is 0.201 e. The Labute approximate surface area is 104 Å². The maximum absolute atomic E-state index is 11.7. The minimum atomic E-state index is -0.394. The molecule has 1 aliphatic heterocycles. The number of hydrogen-bond donors (Lipinski definition) is 2. The van der Waals surface area contributed by atoms with Crippen LogP contribution in [0.2, 0.25) is 0 Å². The number of aromatic amines is 1. The van der Waals surface area contributed by atoms with E-state index in [0.717, 1.165) is 16.5 Å². The number of para-hydroxylation sites is 1. The number of rotatable bonds is 2. The summed E-state index contributed by atoms with van der Waals surface area (Å²) in [6.07, 6.45) is 3.44. The van der Waals surface area contributed by atoms with E-state index in [-0.39, 0.29) is 18.8 Å². The van der Waals surface area contributed by atoms with Gasteiger partial charge in [0, 0.05) is 22.7 Å². The molecule has 1 fully saturated rings. The van der Waals surface area contributed by atoms with E-state index >= 15 is 0 Å². The fourth-order valence-corrected chi connectivity index (χ4v) is 2.17. The molecule has 4 heteroatoms. The van der Waals surface area contributed by atoms with Crippen LogP contribution in [0.5, 0.6) is 0 Å². The summed E-state index contributed by atoms with van der Waals surface area (Å²) in [5, 5.41) is 10.0. The van der Waals surface area contributed by atoms with Gasteiger partial charge in [-0.2, -0.15) is 0 Å². The zero-order valence-corrected chi connectivity index (χ0v) is 9.72. The van der Waals surface area contributed by atoms with Gasteiger partial charge in [0.25, 0.3) is 0 Å². The van der Waals surface area contributed by atoms with Crippen molar-refractivity contribution in [1.82, 2.24) is 4.98 Å². The lowest BCUT2D eigenvalue weighted by Gasteiger charge is -2.04. The van der Waals surface area contributed by atoms with Gasteiger partial charge >= 0.3 is 0 Å². The predicted molar refractivity (Wildman–Crippen MR) is 67.9 cm³/mol. The van der Waals surface area contributed by atoms with Gasteiger partial charge in [0.15, 0.2) is 5.76 Å². The molecule has 0 amide bonds. The van der Waals surface area contributed by atoms with Crippen LogP contribution in [0.25, 0.3) is 17.0 Å². The maximum atomic E-state index is 11.7. The van der Waals surface area contributed by atoms with Gasteiger partial charge in [-0.15, -0.1) is 0 Å². The molecular formula is C14H13NO3. The molecule has 0 spiro atoms. The first-order valence-corrected chi connectivity index (χ1v) is 5.86. The number of ketones is 1. The van der Waals surface area contributed by atoms with Gasteiger partial charge in [-0.25, -0.2) is 0 Å². The van der Waals surface area contributed by atoms with Crippen molar-refractivity contribution < 1.29 is 14.6 Å². The van der Waals surface area contributed by atoms with E-state index in [0.29, 0.717) is 5.76 Å². The van der Waals surface area contributed by atoms with Gasteiger partial charge in [0.2, 0.25) is 5.78 Å². The summed E-state index contributed by atoms with van der Waals surface area (Å²) in [6.45, 7) is -0.128. The molecule has 18 heavy (non-hydrogen) atoms. The predicted octanol–water partition coefficient (Wildman–Crippen LogP) is 1.86. The molecule has 2 heterocycles. The lowest BCUT2D eigenvalue weighted by atomic mass is 10.1. The highest BCUT2D eigenvalue weighted by Gasteiger charge is 2.28. The van der Waals surface area contributed by atoms with Crippen LogP contribution in [0, 0.1) is 0 Å². The number of fused-ring (bicyclic) bond motifs is 1. The molecule has 2 aromatic rings. The Bertz CT molecular complexity index is 627. The van der Waals surface area contributed by atoms with E-state index in [1.807, 2.05) is 30.5 Å². The van der Waals surface area contributed by atoms with Gasteiger partial charge in [0.05, 0.1) is 13.0 Å². The number of aliphatic hydroxyl groups is 1. The number of carbonyl (C=O) groups excluding carboxylic acids is 1. The first kappa shape index (κ1) is 11.0. The van der Waals surface area contributed by atoms with E-state index in [2.05, 4.69) is 4.98 Å². The topological polar surface area (TPSA) is 62.3 Å². The second kappa shape index (κ2) is 4.31. The summed E-state index contributed by atoms with van der Waals surface area (Å²) in [5.74, 6) is 0.276. The molecule has 3 rings (SSSR count). The van der Waals surface area contributed by atoms with Crippen molar-refractivity contribution in [3.05, 3.63) is 41.8 Å². The molecular weight excluding hydrogens is 230 g/mol. The van der Waals surface area contributed by atoms with E-state index < -0.39 is 6.10 Å². The highest BCUT2D eigenvalue weighted by molar-refractivity contribution is 6.01. The Morgan fingerprint density at radius 3 is 3.06 bits per heavy atom. The summed E-state index contributed by atoms with van der Waals surface area (Å²) in [6, 6.07) is 7.87. The van der Waals surface area contributed by atoms with Gasteiger partial charge < -0.3 is 14.8 Å². The molecule has 0 saturated carbocycles. The smallest absolute Gasteiger partial charge is 0.201 e. The highest BCUT2D eigenvalue weighted by atomic mass is 16.5. The minimum Gasteiger partial charge on any atom is -0.484 e. The quantitative estimate of drug-likeness (QED) is 0.791. The number of Topliss-reactive ketones (excluding diaryl/α,β-unsaturated/α-hetero) is 1. The third kappa shape index (κ3) is 1.80. The standard InChI is InChI=1S/C14H13NO3/c16-8-10-6-13(17)14(18-10)5-9-7-15-12-4-2-1-3-11(9)12/h1-5,7,10,15-16H,6,8H2. The number of hydrogen-bond acceptors (Lipinski definition) is 3. The third-order valence-corrected chi connectivity index (χ3v) is 3.09. The van der Waals surface area contributed by atoms with Crippen molar-refractivity contribution in [1.29, 1.82) is 0 Å². The molecule has 1 atom stereocenters. The highest BCUT2D eigenvalue weighted by Crippen LogP contribution is 2.25. The van der Waals surface area contributed by atoms with Crippen LogP contribution in [0.3, 0.4) is 0 Å². The van der Waals surface area contributed by atoms with Crippen LogP contribution < -0.4 is 0 Å². The van der Waals surface area contributed by atoms with Crippen molar-refractivity contribution in [2.45, 2.75) is 12.5 Å². The molecule has 1 aromatic heterocycles. The molecule has 4 nitrogen and oxygen atoms in total. The first-order chi connectivity index (χ1) is 8.78. The Kier molecular flexibility index (Phi) is 2.64. The normalized spacial score (nSPS) is 21.7. The average molecular weight is 243 g/mol. The largest absolute Gasteiger partial charge is 0.484 e. The number of ether oxygens (including phenoxy) is 1. The third-order valence-electron chi connectivity index (χ3n) is 3.09. The first-order valence-electron chi connectivity index (χ1n) is 5.86. The van der Waals surface area contributed by atoms with Crippen molar-refractivity contribution in [3.8, 4) is 0 Å². The molecule has 1 saturated heterocycles. The summed E-state index contributed by atoms with van der Waals surface area (Å²) >= 11 is 0. The number of nitrogens with one attached hydrogen (secondary N) is 1. The lowest BCUT2D eigenvalue weighted by Crippen LogP contribution is -2.09. The van der Waals surface area contributed by atoms with Crippen LogP contribution in [0.1, 0.15) is 12.0 Å². The molecule has 0 radical (unpaired) electrons. The van der Waals surface area contributed by atoms with Crippen LogP contribution in [-0.4, -0.2) is 28.6 Å². The van der Waals surface area contributed by atoms with Crippen LogP contribution in [0.15, 0.2) is 36.2 Å². The van der Waals surface area contributed by atoms with Gasteiger partial charge in [0.1, 0.15) is 6.10 Å². The molecule has 0 bridgehead atoms. The molecule has 1 unspecified atom stereocenters. The Balaban J connectivity index is 1.99. The second-order valence-electron chi connectivity index (χ2n) is 4.35. The monoisotopic (exact) mass is 243 g/mol. The Morgan fingerprint density at radius 1 is 1.44 bits per heavy atom. The fraction of sp³-hybridized carbons (Fsp3) is 0.214. The molecule has 1 aromatic carbocycles. The van der Waals surface area contributed by atoms with Gasteiger partial charge in [-0.3, -0.25) is 4.79 Å². The summed E-state index contributed by atoms with van der Waals surface area (Å²) < 4.78 is 5.39.